The van der Waals surface area contributed by atoms with E-state index in [0.29, 0.717) is 11.3 Å². The second-order valence-corrected chi connectivity index (χ2v) is 6.82. The first-order chi connectivity index (χ1) is 9.20. The van der Waals surface area contributed by atoms with E-state index in [9.17, 15) is 4.79 Å². The zero-order valence-electron chi connectivity index (χ0n) is 12.9. The molecular formula is C16H31ClN2O. The van der Waals surface area contributed by atoms with Crippen LogP contribution in [0.15, 0.2) is 0 Å². The number of nitrogens with one attached hydrogen (secondary N) is 2. The molecule has 3 nitrogen and oxygen atoms in total. The molecule has 2 aliphatic rings. The van der Waals surface area contributed by atoms with Gasteiger partial charge in [0.25, 0.3) is 0 Å². The van der Waals surface area contributed by atoms with Gasteiger partial charge in [0.1, 0.15) is 0 Å². The number of rotatable bonds is 3. The topological polar surface area (TPSA) is 41.1 Å². The highest BCUT2D eigenvalue weighted by atomic mass is 35.5. The van der Waals surface area contributed by atoms with Crippen LogP contribution in [0.3, 0.4) is 0 Å². The summed E-state index contributed by atoms with van der Waals surface area (Å²) in [5.41, 5.74) is 0.308. The van der Waals surface area contributed by atoms with Crippen LogP contribution in [0.4, 0.5) is 0 Å². The fraction of sp³-hybridized carbons (Fsp3) is 0.938. The zero-order chi connectivity index (χ0) is 13.6. The molecule has 2 N–H and O–H groups in total. The van der Waals surface area contributed by atoms with Gasteiger partial charge < -0.3 is 10.6 Å². The molecule has 20 heavy (non-hydrogen) atoms. The summed E-state index contributed by atoms with van der Waals surface area (Å²) >= 11 is 0. The molecule has 0 aromatic rings. The van der Waals surface area contributed by atoms with Crippen LogP contribution in [-0.4, -0.2) is 25.5 Å². The molecule has 2 fully saturated rings. The van der Waals surface area contributed by atoms with Gasteiger partial charge in [-0.3, -0.25) is 4.79 Å². The Morgan fingerprint density at radius 1 is 1.10 bits per heavy atom. The molecule has 0 bridgehead atoms. The van der Waals surface area contributed by atoms with E-state index in [1.54, 1.807) is 0 Å². The van der Waals surface area contributed by atoms with Crippen molar-refractivity contribution in [2.75, 3.05) is 19.6 Å². The Morgan fingerprint density at radius 2 is 1.65 bits per heavy atom. The van der Waals surface area contributed by atoms with Crippen molar-refractivity contribution in [3.05, 3.63) is 0 Å². The van der Waals surface area contributed by atoms with Crippen molar-refractivity contribution in [2.24, 2.45) is 11.3 Å². The smallest absolute Gasteiger partial charge is 0.223 e. The van der Waals surface area contributed by atoms with Gasteiger partial charge in [0.15, 0.2) is 0 Å². The first-order valence-corrected chi connectivity index (χ1v) is 8.18. The number of amides is 1. The van der Waals surface area contributed by atoms with Gasteiger partial charge in [0.05, 0.1) is 0 Å². The van der Waals surface area contributed by atoms with Crippen LogP contribution in [0.25, 0.3) is 0 Å². The van der Waals surface area contributed by atoms with E-state index in [2.05, 4.69) is 17.6 Å². The first-order valence-electron chi connectivity index (χ1n) is 8.18. The highest BCUT2D eigenvalue weighted by Crippen LogP contribution is 2.27. The highest BCUT2D eigenvalue weighted by molar-refractivity contribution is 5.85. The maximum atomic E-state index is 12.3. The van der Waals surface area contributed by atoms with Crippen molar-refractivity contribution in [3.63, 3.8) is 0 Å². The molecule has 0 spiro atoms. The van der Waals surface area contributed by atoms with E-state index in [0.717, 1.165) is 32.5 Å². The molecule has 1 aliphatic heterocycles. The third kappa shape index (κ3) is 5.61. The lowest BCUT2D eigenvalue weighted by Gasteiger charge is -2.34. The highest BCUT2D eigenvalue weighted by Gasteiger charge is 2.28. The molecular weight excluding hydrogens is 272 g/mol. The molecule has 118 valence electrons. The third-order valence-corrected chi connectivity index (χ3v) is 4.98. The van der Waals surface area contributed by atoms with E-state index in [1.807, 2.05) is 0 Å². The molecule has 2 rings (SSSR count). The standard InChI is InChI=1S/C16H30N2O.ClH/c1-16(9-11-17-12-10-16)13-18-15(19)14-7-5-3-2-4-6-8-14;/h14,17H,2-13H2,1H3,(H,18,19);1H. The minimum atomic E-state index is 0. The van der Waals surface area contributed by atoms with Gasteiger partial charge in [0, 0.05) is 12.5 Å². The Morgan fingerprint density at radius 3 is 2.25 bits per heavy atom. The molecule has 0 unspecified atom stereocenters. The van der Waals surface area contributed by atoms with E-state index in [-0.39, 0.29) is 18.3 Å². The number of halogens is 1. The monoisotopic (exact) mass is 302 g/mol. The predicted molar refractivity (Wildman–Crippen MR) is 86.3 cm³/mol. The van der Waals surface area contributed by atoms with Crippen molar-refractivity contribution in [1.29, 1.82) is 0 Å². The van der Waals surface area contributed by atoms with Crippen molar-refractivity contribution in [2.45, 2.75) is 64.7 Å². The number of hydrogen-bond donors (Lipinski definition) is 2. The largest absolute Gasteiger partial charge is 0.355 e. The van der Waals surface area contributed by atoms with E-state index in [4.69, 9.17) is 0 Å². The molecule has 1 amide bonds. The average molecular weight is 303 g/mol. The maximum absolute atomic E-state index is 12.3. The molecule has 4 heteroatoms. The maximum Gasteiger partial charge on any atom is 0.223 e. The summed E-state index contributed by atoms with van der Waals surface area (Å²) in [6.45, 7) is 5.36. The number of carbonyl (C=O) groups is 1. The van der Waals surface area contributed by atoms with Gasteiger partial charge in [-0.25, -0.2) is 0 Å². The average Bonchev–Trinajstić information content (AvgIpc) is 2.37. The molecule has 1 saturated heterocycles. The molecule has 1 heterocycles. The third-order valence-electron chi connectivity index (χ3n) is 4.98. The van der Waals surface area contributed by atoms with Gasteiger partial charge >= 0.3 is 0 Å². The lowest BCUT2D eigenvalue weighted by atomic mass is 9.80. The van der Waals surface area contributed by atoms with Crippen LogP contribution in [0, 0.1) is 11.3 Å². The van der Waals surface area contributed by atoms with Crippen LogP contribution in [0.2, 0.25) is 0 Å². The van der Waals surface area contributed by atoms with Crippen LogP contribution in [-0.2, 0) is 4.79 Å². The van der Waals surface area contributed by atoms with Crippen LogP contribution < -0.4 is 10.6 Å². The lowest BCUT2D eigenvalue weighted by Crippen LogP contribution is -2.44. The second-order valence-electron chi connectivity index (χ2n) is 6.82. The lowest BCUT2D eigenvalue weighted by molar-refractivity contribution is -0.126. The number of hydrogen-bond acceptors (Lipinski definition) is 2. The molecule has 0 radical (unpaired) electrons. The molecule has 1 saturated carbocycles. The number of piperidine rings is 1. The van der Waals surface area contributed by atoms with Gasteiger partial charge in [-0.05, 0) is 44.2 Å². The second kappa shape index (κ2) is 8.89. The quantitative estimate of drug-likeness (QED) is 0.840. The Balaban J connectivity index is 0.00000200. The summed E-state index contributed by atoms with van der Waals surface area (Å²) in [7, 11) is 0. The fourth-order valence-corrected chi connectivity index (χ4v) is 3.37. The van der Waals surface area contributed by atoms with Gasteiger partial charge in [-0.1, -0.05) is 39.0 Å². The summed E-state index contributed by atoms with van der Waals surface area (Å²) in [5.74, 6) is 0.604. The summed E-state index contributed by atoms with van der Waals surface area (Å²) < 4.78 is 0. The van der Waals surface area contributed by atoms with Crippen molar-refractivity contribution in [1.82, 2.24) is 10.6 Å². The molecule has 0 aromatic heterocycles. The van der Waals surface area contributed by atoms with E-state index < -0.39 is 0 Å². The Hall–Kier alpha value is -0.280. The normalized spacial score (nSPS) is 24.1. The number of carbonyl (C=O) groups excluding carboxylic acids is 1. The Labute approximate surface area is 130 Å². The summed E-state index contributed by atoms with van der Waals surface area (Å²) in [4.78, 5) is 12.3. The molecule has 1 aliphatic carbocycles. The fourth-order valence-electron chi connectivity index (χ4n) is 3.37. The van der Waals surface area contributed by atoms with Gasteiger partial charge in [-0.2, -0.15) is 0 Å². The van der Waals surface area contributed by atoms with Crippen molar-refractivity contribution >= 4 is 18.3 Å². The van der Waals surface area contributed by atoms with Gasteiger partial charge in [0.2, 0.25) is 5.91 Å². The zero-order valence-corrected chi connectivity index (χ0v) is 13.7. The van der Waals surface area contributed by atoms with Gasteiger partial charge in [-0.15, -0.1) is 12.4 Å². The summed E-state index contributed by atoms with van der Waals surface area (Å²) in [5, 5.41) is 6.64. The first kappa shape index (κ1) is 17.8. The summed E-state index contributed by atoms with van der Waals surface area (Å²) in [6.07, 6.45) is 11.0. The Bertz CT molecular complexity index is 282. The van der Waals surface area contributed by atoms with Crippen LogP contribution in [0.1, 0.15) is 64.7 Å². The molecule has 0 aromatic carbocycles. The summed E-state index contributed by atoms with van der Waals surface area (Å²) in [6, 6.07) is 0. The van der Waals surface area contributed by atoms with E-state index >= 15 is 0 Å². The van der Waals surface area contributed by atoms with Crippen LogP contribution >= 0.6 is 12.4 Å². The van der Waals surface area contributed by atoms with E-state index in [1.165, 1.54) is 44.9 Å². The Kier molecular flexibility index (Phi) is 7.90. The predicted octanol–water partition coefficient (Wildman–Crippen LogP) is 3.27. The minimum Gasteiger partial charge on any atom is -0.355 e. The molecule has 0 atom stereocenters. The SMILES string of the molecule is CC1(CNC(=O)C2CCCCCCC2)CCNCC1.Cl. The van der Waals surface area contributed by atoms with Crippen molar-refractivity contribution < 1.29 is 4.79 Å². The van der Waals surface area contributed by atoms with Crippen LogP contribution in [0.5, 0.6) is 0 Å². The van der Waals surface area contributed by atoms with Crippen molar-refractivity contribution in [3.8, 4) is 0 Å². The minimum absolute atomic E-state index is 0.